The molecule has 154 valence electrons. The fourth-order valence-electron chi connectivity index (χ4n) is 4.37. The van der Waals surface area contributed by atoms with Crippen LogP contribution in [0.15, 0.2) is 23.6 Å². The molecule has 0 unspecified atom stereocenters. The van der Waals surface area contributed by atoms with Gasteiger partial charge in [-0.2, -0.15) is 0 Å². The zero-order chi connectivity index (χ0) is 20.7. The zero-order valence-electron chi connectivity index (χ0n) is 16.6. The molecule has 4 rings (SSSR count). The van der Waals surface area contributed by atoms with Gasteiger partial charge in [0.15, 0.2) is 0 Å². The van der Waals surface area contributed by atoms with E-state index in [4.69, 9.17) is 0 Å². The minimum atomic E-state index is -1.29. The first-order valence-electron chi connectivity index (χ1n) is 10.2. The topological polar surface area (TPSA) is 74.6 Å². The first-order chi connectivity index (χ1) is 14.0. The second-order valence-corrected chi connectivity index (χ2v) is 7.94. The summed E-state index contributed by atoms with van der Waals surface area (Å²) in [7, 11) is 0. The van der Waals surface area contributed by atoms with Crippen LogP contribution in [0.3, 0.4) is 0 Å². The van der Waals surface area contributed by atoms with Crippen LogP contribution in [0, 0.1) is 11.7 Å². The van der Waals surface area contributed by atoms with Gasteiger partial charge in [-0.25, -0.2) is 9.18 Å². The molecule has 2 fully saturated rings. The molecule has 2 N–H and O–H groups in total. The predicted molar refractivity (Wildman–Crippen MR) is 112 cm³/mol. The molecule has 0 amide bonds. The third-order valence-corrected chi connectivity index (χ3v) is 5.94. The maximum Gasteiger partial charge on any atom is 0.341 e. The van der Waals surface area contributed by atoms with Crippen molar-refractivity contribution in [3.63, 3.8) is 0 Å². The van der Waals surface area contributed by atoms with Crippen LogP contribution in [0.5, 0.6) is 0 Å². The van der Waals surface area contributed by atoms with Crippen LogP contribution in [0.25, 0.3) is 17.0 Å². The van der Waals surface area contributed by atoms with Crippen LogP contribution in [-0.4, -0.2) is 41.8 Å². The number of aromatic carboxylic acids is 1. The van der Waals surface area contributed by atoms with Crippen LogP contribution < -0.4 is 15.6 Å². The minimum absolute atomic E-state index is 0.108. The second-order valence-electron chi connectivity index (χ2n) is 7.94. The zero-order valence-corrected chi connectivity index (χ0v) is 16.6. The Kier molecular flexibility index (Phi) is 5.17. The lowest BCUT2D eigenvalue weighted by atomic mass is 10.0. The van der Waals surface area contributed by atoms with E-state index in [0.717, 1.165) is 45.4 Å². The monoisotopic (exact) mass is 399 g/mol. The fourth-order valence-corrected chi connectivity index (χ4v) is 4.37. The van der Waals surface area contributed by atoms with Crippen molar-refractivity contribution in [2.45, 2.75) is 32.2 Å². The summed E-state index contributed by atoms with van der Waals surface area (Å²) >= 11 is 0. The molecule has 29 heavy (non-hydrogen) atoms. The van der Waals surface area contributed by atoms with Crippen molar-refractivity contribution in [1.82, 2.24) is 9.88 Å². The first-order valence-corrected chi connectivity index (χ1v) is 10.2. The van der Waals surface area contributed by atoms with Gasteiger partial charge in [0.25, 0.3) is 0 Å². The number of pyridine rings is 1. The van der Waals surface area contributed by atoms with Gasteiger partial charge in [0.1, 0.15) is 11.4 Å². The number of rotatable bonds is 7. The van der Waals surface area contributed by atoms with Gasteiger partial charge in [0.05, 0.1) is 16.6 Å². The van der Waals surface area contributed by atoms with Gasteiger partial charge >= 0.3 is 5.97 Å². The van der Waals surface area contributed by atoms with E-state index in [1.807, 2.05) is 9.47 Å². The van der Waals surface area contributed by atoms with Crippen LogP contribution in [0.4, 0.5) is 10.1 Å². The van der Waals surface area contributed by atoms with Gasteiger partial charge < -0.3 is 19.9 Å². The average Bonchev–Trinajstić information content (AvgIpc) is 3.44. The van der Waals surface area contributed by atoms with E-state index in [1.165, 1.54) is 12.3 Å². The summed E-state index contributed by atoms with van der Waals surface area (Å²) in [4.78, 5) is 26.4. The molecule has 7 heteroatoms. The van der Waals surface area contributed by atoms with Crippen LogP contribution in [0.1, 0.15) is 48.1 Å². The Balaban J connectivity index is 1.89. The molecule has 1 aliphatic heterocycles. The van der Waals surface area contributed by atoms with Gasteiger partial charge in [-0.1, -0.05) is 19.6 Å². The average molecular weight is 399 g/mol. The molecule has 0 bridgehead atoms. The largest absolute Gasteiger partial charge is 0.477 e. The van der Waals surface area contributed by atoms with Crippen molar-refractivity contribution in [3.8, 4) is 0 Å². The molecule has 1 aliphatic carbocycles. The lowest BCUT2D eigenvalue weighted by Gasteiger charge is -2.24. The van der Waals surface area contributed by atoms with Crippen molar-refractivity contribution in [2.75, 3.05) is 31.1 Å². The number of hydrogen-bond donors (Lipinski definition) is 2. The van der Waals surface area contributed by atoms with Crippen molar-refractivity contribution in [1.29, 1.82) is 0 Å². The lowest BCUT2D eigenvalue weighted by Crippen LogP contribution is -2.27. The van der Waals surface area contributed by atoms with E-state index in [0.29, 0.717) is 22.7 Å². The van der Waals surface area contributed by atoms with E-state index in [1.54, 1.807) is 6.08 Å². The molecular formula is C22H26FN3O3. The summed E-state index contributed by atoms with van der Waals surface area (Å²) in [5.41, 5.74) is 0.653. The maximum atomic E-state index is 15.3. The highest BCUT2D eigenvalue weighted by Crippen LogP contribution is 2.41. The van der Waals surface area contributed by atoms with Crippen molar-refractivity contribution < 1.29 is 14.3 Å². The van der Waals surface area contributed by atoms with Crippen LogP contribution >= 0.6 is 0 Å². The smallest absolute Gasteiger partial charge is 0.341 e. The number of nitrogens with zero attached hydrogens (tertiary/aromatic N) is 2. The molecule has 2 aromatic rings. The highest BCUT2D eigenvalue weighted by Gasteiger charge is 2.31. The standard InChI is InChI=1S/C22H26FN3O3/c1-3-15-19-16(21(27)17(22(28)29)12-26(19)14-5-6-14)9-18(23)20(15)25-8-7-13(11-25)10-24-4-2/h3,9,12-14,24H,1,4-8,10-11H2,2H3,(H,28,29)/t13-/m0/s1. The second kappa shape index (κ2) is 7.63. The SMILES string of the molecule is C=Cc1c(N2CC[C@@H](CNCC)C2)c(F)cc2c(=O)c(C(=O)O)cn(C3CC3)c12. The van der Waals surface area contributed by atoms with Crippen molar-refractivity contribution in [2.24, 2.45) is 5.92 Å². The summed E-state index contributed by atoms with van der Waals surface area (Å²) in [6, 6.07) is 1.34. The van der Waals surface area contributed by atoms with Crippen LogP contribution in [-0.2, 0) is 0 Å². The first kappa shape index (κ1) is 19.6. The Labute approximate surface area is 168 Å². The molecule has 1 aromatic carbocycles. The maximum absolute atomic E-state index is 15.3. The number of carboxylic acid groups (broad SMARTS) is 1. The predicted octanol–water partition coefficient (Wildman–Crippen LogP) is 3.25. The summed E-state index contributed by atoms with van der Waals surface area (Å²) in [6.45, 7) is 9.22. The van der Waals surface area contributed by atoms with E-state index >= 15 is 4.39 Å². The molecule has 1 atom stereocenters. The van der Waals surface area contributed by atoms with Crippen LogP contribution in [0.2, 0.25) is 0 Å². The summed E-state index contributed by atoms with van der Waals surface area (Å²) in [5.74, 6) is -1.36. The molecule has 0 spiro atoms. The number of hydrogen-bond acceptors (Lipinski definition) is 4. The van der Waals surface area contributed by atoms with Gasteiger partial charge in [0, 0.05) is 30.9 Å². The highest BCUT2D eigenvalue weighted by atomic mass is 19.1. The number of anilines is 1. The van der Waals surface area contributed by atoms with Gasteiger partial charge in [0.2, 0.25) is 5.43 Å². The lowest BCUT2D eigenvalue weighted by molar-refractivity contribution is 0.0695. The number of halogens is 1. The van der Waals surface area contributed by atoms with Crippen molar-refractivity contribution in [3.05, 3.63) is 46.0 Å². The number of aromatic nitrogens is 1. The van der Waals surface area contributed by atoms with E-state index in [-0.39, 0.29) is 17.0 Å². The molecule has 1 saturated heterocycles. The van der Waals surface area contributed by atoms with Gasteiger partial charge in [-0.3, -0.25) is 4.79 Å². The third kappa shape index (κ3) is 3.44. The number of carboxylic acids is 1. The van der Waals surface area contributed by atoms with Crippen molar-refractivity contribution >= 4 is 28.6 Å². The van der Waals surface area contributed by atoms with E-state index < -0.39 is 17.2 Å². The Morgan fingerprint density at radius 3 is 2.79 bits per heavy atom. The fraction of sp³-hybridized carbons (Fsp3) is 0.455. The van der Waals surface area contributed by atoms with Gasteiger partial charge in [-0.15, -0.1) is 0 Å². The Hall–Kier alpha value is -2.67. The Morgan fingerprint density at radius 2 is 2.17 bits per heavy atom. The number of nitrogens with one attached hydrogen (secondary N) is 1. The Bertz CT molecular complexity index is 1040. The molecule has 2 aliphatic rings. The number of carbonyl (C=O) groups is 1. The van der Waals surface area contributed by atoms with Gasteiger partial charge in [-0.05, 0) is 44.3 Å². The molecule has 1 aromatic heterocycles. The number of fused-ring (bicyclic) bond motifs is 1. The normalized spacial score (nSPS) is 19.1. The van der Waals surface area contributed by atoms with E-state index in [2.05, 4.69) is 18.8 Å². The number of benzene rings is 1. The summed E-state index contributed by atoms with van der Waals surface area (Å²) in [6.07, 6.45) is 5.80. The van der Waals surface area contributed by atoms with E-state index in [9.17, 15) is 14.7 Å². The molecule has 2 heterocycles. The molecule has 6 nitrogen and oxygen atoms in total. The molecular weight excluding hydrogens is 373 g/mol. The molecule has 0 radical (unpaired) electrons. The minimum Gasteiger partial charge on any atom is -0.477 e. The summed E-state index contributed by atoms with van der Waals surface area (Å²) < 4.78 is 17.1. The summed E-state index contributed by atoms with van der Waals surface area (Å²) in [5, 5.41) is 12.9. The quantitative estimate of drug-likeness (QED) is 0.748. The third-order valence-electron chi connectivity index (χ3n) is 5.94. The Morgan fingerprint density at radius 1 is 1.41 bits per heavy atom. The highest BCUT2D eigenvalue weighted by molar-refractivity contribution is 5.98. The molecule has 1 saturated carbocycles.